The molecule has 2 rings (SSSR count). The molecule has 0 aromatic carbocycles. The van der Waals surface area contributed by atoms with Crippen LogP contribution in [0.2, 0.25) is 0 Å². The number of rotatable bonds is 10. The van der Waals surface area contributed by atoms with Gasteiger partial charge in [0.05, 0.1) is 18.9 Å². The molecule has 1 aromatic heterocycles. The van der Waals surface area contributed by atoms with Crippen molar-refractivity contribution < 1.29 is 18.7 Å². The number of carbonyl (C=O) groups is 2. The molecule has 6 nitrogen and oxygen atoms in total. The highest BCUT2D eigenvalue weighted by Gasteiger charge is 2.25. The molecular formula is C19H28N2O4. The summed E-state index contributed by atoms with van der Waals surface area (Å²) in [6.45, 7) is 7.71. The molecule has 0 N–H and O–H groups in total. The summed E-state index contributed by atoms with van der Waals surface area (Å²) >= 11 is 0. The molecule has 0 radical (unpaired) electrons. The van der Waals surface area contributed by atoms with Gasteiger partial charge in [-0.1, -0.05) is 13.0 Å². The van der Waals surface area contributed by atoms with Gasteiger partial charge in [0.2, 0.25) is 11.8 Å². The molecule has 2 heterocycles. The number of amides is 2. The van der Waals surface area contributed by atoms with Gasteiger partial charge in [-0.3, -0.25) is 9.59 Å². The summed E-state index contributed by atoms with van der Waals surface area (Å²) in [6.07, 6.45) is 6.46. The van der Waals surface area contributed by atoms with Crippen molar-refractivity contribution in [2.75, 3.05) is 26.2 Å². The lowest BCUT2D eigenvalue weighted by atomic mass is 10.2. The highest BCUT2D eigenvalue weighted by Crippen LogP contribution is 2.16. The Labute approximate surface area is 149 Å². The van der Waals surface area contributed by atoms with Crippen LogP contribution in [-0.2, 0) is 20.9 Å². The van der Waals surface area contributed by atoms with Crippen LogP contribution in [0.5, 0.6) is 0 Å². The van der Waals surface area contributed by atoms with Crippen molar-refractivity contribution in [3.05, 3.63) is 36.8 Å². The molecule has 0 bridgehead atoms. The van der Waals surface area contributed by atoms with Crippen LogP contribution >= 0.6 is 0 Å². The van der Waals surface area contributed by atoms with Gasteiger partial charge in [-0.2, -0.15) is 0 Å². The second-order valence-corrected chi connectivity index (χ2v) is 6.30. The molecule has 25 heavy (non-hydrogen) atoms. The Morgan fingerprint density at radius 3 is 2.80 bits per heavy atom. The normalized spacial score (nSPS) is 16.6. The van der Waals surface area contributed by atoms with Crippen molar-refractivity contribution in [3.8, 4) is 0 Å². The Kier molecular flexibility index (Phi) is 7.73. The van der Waals surface area contributed by atoms with Gasteiger partial charge < -0.3 is 19.0 Å². The standard InChI is InChI=1S/C19H28N2O4/c1-3-7-18(22)20(10-4-2)15-19(23)21(13-16-8-5-11-24-16)14-17-9-6-12-25-17/h4-5,8,11,17H,2-3,6-7,9-10,12-15H2,1H3/t17-/m0/s1. The molecule has 1 aliphatic rings. The van der Waals surface area contributed by atoms with E-state index in [-0.39, 0.29) is 24.5 Å². The molecule has 1 aliphatic heterocycles. The highest BCUT2D eigenvalue weighted by molar-refractivity contribution is 5.85. The van der Waals surface area contributed by atoms with E-state index in [0.717, 1.165) is 31.6 Å². The number of hydrogen-bond donors (Lipinski definition) is 0. The molecule has 1 saturated heterocycles. The van der Waals surface area contributed by atoms with Crippen LogP contribution in [0.4, 0.5) is 0 Å². The summed E-state index contributed by atoms with van der Waals surface area (Å²) in [4.78, 5) is 28.4. The molecule has 1 atom stereocenters. The first-order valence-corrected chi connectivity index (χ1v) is 8.94. The summed E-state index contributed by atoms with van der Waals surface area (Å²) in [5.74, 6) is 0.602. The molecule has 0 saturated carbocycles. The maximum Gasteiger partial charge on any atom is 0.242 e. The lowest BCUT2D eigenvalue weighted by Crippen LogP contribution is -2.45. The summed E-state index contributed by atoms with van der Waals surface area (Å²) < 4.78 is 11.1. The minimum Gasteiger partial charge on any atom is -0.467 e. The van der Waals surface area contributed by atoms with Crippen molar-refractivity contribution in [1.29, 1.82) is 0 Å². The third-order valence-electron chi connectivity index (χ3n) is 4.22. The van der Waals surface area contributed by atoms with Crippen molar-refractivity contribution in [2.45, 2.75) is 45.3 Å². The molecule has 0 aliphatic carbocycles. The molecule has 6 heteroatoms. The summed E-state index contributed by atoms with van der Waals surface area (Å²) in [5.41, 5.74) is 0. The Hall–Kier alpha value is -2.08. The van der Waals surface area contributed by atoms with E-state index in [1.165, 1.54) is 0 Å². The van der Waals surface area contributed by atoms with Gasteiger partial charge in [-0.15, -0.1) is 6.58 Å². The minimum absolute atomic E-state index is 0.0224. The molecule has 1 aromatic rings. The van der Waals surface area contributed by atoms with Crippen LogP contribution in [0.15, 0.2) is 35.5 Å². The van der Waals surface area contributed by atoms with E-state index in [9.17, 15) is 9.59 Å². The largest absolute Gasteiger partial charge is 0.467 e. The van der Waals surface area contributed by atoms with Gasteiger partial charge in [-0.05, 0) is 31.4 Å². The minimum atomic E-state index is -0.0989. The monoisotopic (exact) mass is 348 g/mol. The van der Waals surface area contributed by atoms with E-state index in [1.54, 1.807) is 28.2 Å². The van der Waals surface area contributed by atoms with Crippen molar-refractivity contribution in [1.82, 2.24) is 9.80 Å². The Morgan fingerprint density at radius 2 is 2.20 bits per heavy atom. The fourth-order valence-electron chi connectivity index (χ4n) is 2.92. The van der Waals surface area contributed by atoms with Crippen LogP contribution in [0.25, 0.3) is 0 Å². The molecule has 0 unspecified atom stereocenters. The summed E-state index contributed by atoms with van der Waals surface area (Å²) in [5, 5.41) is 0. The van der Waals surface area contributed by atoms with Crippen LogP contribution in [0.3, 0.4) is 0 Å². The number of carbonyl (C=O) groups excluding carboxylic acids is 2. The zero-order chi connectivity index (χ0) is 18.1. The number of hydrogen-bond acceptors (Lipinski definition) is 4. The first-order chi connectivity index (χ1) is 12.1. The Balaban J connectivity index is 2.03. The molecule has 2 amide bonds. The van der Waals surface area contributed by atoms with E-state index in [1.807, 2.05) is 13.0 Å². The van der Waals surface area contributed by atoms with Gasteiger partial charge in [0.15, 0.2) is 0 Å². The number of nitrogens with zero attached hydrogens (tertiary/aromatic N) is 2. The Bertz CT molecular complexity index is 550. The predicted octanol–water partition coefficient (Wildman–Crippen LogP) is 2.60. The van der Waals surface area contributed by atoms with Crippen LogP contribution in [0, 0.1) is 0 Å². The average Bonchev–Trinajstić information content (AvgIpc) is 3.28. The van der Waals surface area contributed by atoms with E-state index in [4.69, 9.17) is 9.15 Å². The van der Waals surface area contributed by atoms with E-state index in [2.05, 4.69) is 6.58 Å². The van der Waals surface area contributed by atoms with E-state index < -0.39 is 0 Å². The van der Waals surface area contributed by atoms with Crippen molar-refractivity contribution in [2.24, 2.45) is 0 Å². The predicted molar refractivity (Wildman–Crippen MR) is 94.8 cm³/mol. The van der Waals surface area contributed by atoms with Crippen molar-refractivity contribution in [3.63, 3.8) is 0 Å². The van der Waals surface area contributed by atoms with Gasteiger partial charge in [0.1, 0.15) is 12.3 Å². The third kappa shape index (κ3) is 6.05. The van der Waals surface area contributed by atoms with E-state index >= 15 is 0 Å². The fraction of sp³-hybridized carbons (Fsp3) is 0.579. The van der Waals surface area contributed by atoms with Gasteiger partial charge in [0.25, 0.3) is 0 Å². The third-order valence-corrected chi connectivity index (χ3v) is 4.22. The Morgan fingerprint density at radius 1 is 1.36 bits per heavy atom. The number of ether oxygens (including phenoxy) is 1. The summed E-state index contributed by atoms with van der Waals surface area (Å²) in [6, 6.07) is 3.65. The van der Waals surface area contributed by atoms with Gasteiger partial charge in [0, 0.05) is 26.1 Å². The second kappa shape index (κ2) is 10.0. The quantitative estimate of drug-likeness (QED) is 0.610. The van der Waals surface area contributed by atoms with Gasteiger partial charge >= 0.3 is 0 Å². The molecular weight excluding hydrogens is 320 g/mol. The van der Waals surface area contributed by atoms with Crippen molar-refractivity contribution >= 4 is 11.8 Å². The maximum absolute atomic E-state index is 12.9. The maximum atomic E-state index is 12.9. The van der Waals surface area contributed by atoms with Crippen LogP contribution < -0.4 is 0 Å². The average molecular weight is 348 g/mol. The highest BCUT2D eigenvalue weighted by atomic mass is 16.5. The smallest absolute Gasteiger partial charge is 0.242 e. The molecule has 0 spiro atoms. The topological polar surface area (TPSA) is 63.0 Å². The molecule has 1 fully saturated rings. The summed E-state index contributed by atoms with van der Waals surface area (Å²) in [7, 11) is 0. The lowest BCUT2D eigenvalue weighted by molar-refractivity contribution is -0.141. The zero-order valence-corrected chi connectivity index (χ0v) is 15.0. The van der Waals surface area contributed by atoms with Crippen LogP contribution in [-0.4, -0.2) is 54.0 Å². The second-order valence-electron chi connectivity index (χ2n) is 6.30. The van der Waals surface area contributed by atoms with Crippen LogP contribution in [0.1, 0.15) is 38.4 Å². The van der Waals surface area contributed by atoms with Gasteiger partial charge in [-0.25, -0.2) is 0 Å². The zero-order valence-electron chi connectivity index (χ0n) is 15.0. The molecule has 138 valence electrons. The number of furan rings is 1. The SMILES string of the molecule is C=CCN(CC(=O)N(Cc1ccco1)C[C@@H]1CCCO1)C(=O)CCC. The first kappa shape index (κ1) is 19.2. The first-order valence-electron chi connectivity index (χ1n) is 8.94. The fourth-order valence-corrected chi connectivity index (χ4v) is 2.92. The van der Waals surface area contributed by atoms with E-state index in [0.29, 0.717) is 26.1 Å². The lowest BCUT2D eigenvalue weighted by Gasteiger charge is -2.28.